The van der Waals surface area contributed by atoms with E-state index in [9.17, 15) is 9.18 Å². The fourth-order valence-electron chi connectivity index (χ4n) is 2.84. The van der Waals surface area contributed by atoms with E-state index in [0.717, 1.165) is 24.9 Å². The molecular formula is C16H19FN4O2. The first kappa shape index (κ1) is 15.6. The zero-order valence-electron chi connectivity index (χ0n) is 13.0. The number of rotatable bonds is 5. The molecule has 23 heavy (non-hydrogen) atoms. The van der Waals surface area contributed by atoms with Gasteiger partial charge in [0.2, 0.25) is 5.91 Å². The van der Waals surface area contributed by atoms with Crippen LogP contribution in [0.4, 0.5) is 4.39 Å². The minimum absolute atomic E-state index is 0.0546. The van der Waals surface area contributed by atoms with Crippen LogP contribution >= 0.6 is 0 Å². The van der Waals surface area contributed by atoms with Crippen molar-refractivity contribution in [3.05, 3.63) is 35.9 Å². The topological polar surface area (TPSA) is 69.0 Å². The fraction of sp³-hybridized carbons (Fsp3) is 0.438. The van der Waals surface area contributed by atoms with Crippen LogP contribution in [0.2, 0.25) is 0 Å². The molecule has 2 aromatic rings. The summed E-state index contributed by atoms with van der Waals surface area (Å²) in [5.41, 5.74) is 0.797. The molecule has 2 heterocycles. The lowest BCUT2D eigenvalue weighted by molar-refractivity contribution is -0.123. The Labute approximate surface area is 133 Å². The maximum absolute atomic E-state index is 13.1. The lowest BCUT2D eigenvalue weighted by Crippen LogP contribution is -2.35. The van der Waals surface area contributed by atoms with Crippen molar-refractivity contribution in [2.75, 3.05) is 20.3 Å². The molecule has 0 bridgehead atoms. The van der Waals surface area contributed by atoms with Gasteiger partial charge in [-0.25, -0.2) is 4.39 Å². The molecule has 7 heteroatoms. The second-order valence-electron chi connectivity index (χ2n) is 5.52. The second-order valence-corrected chi connectivity index (χ2v) is 5.52. The highest BCUT2D eigenvalue weighted by atomic mass is 19.1. The molecule has 1 aromatic carbocycles. The molecular weight excluding hydrogens is 299 g/mol. The van der Waals surface area contributed by atoms with Gasteiger partial charge in [-0.1, -0.05) is 0 Å². The van der Waals surface area contributed by atoms with Crippen molar-refractivity contribution in [2.24, 2.45) is 0 Å². The summed E-state index contributed by atoms with van der Waals surface area (Å²) < 4.78 is 20.0. The van der Waals surface area contributed by atoms with Crippen molar-refractivity contribution < 1.29 is 13.9 Å². The molecule has 0 saturated carbocycles. The third-order valence-corrected chi connectivity index (χ3v) is 3.99. The molecule has 122 valence electrons. The third-order valence-electron chi connectivity index (χ3n) is 3.99. The second kappa shape index (κ2) is 6.87. The van der Waals surface area contributed by atoms with E-state index in [-0.39, 0.29) is 17.6 Å². The number of ether oxygens (including phenoxy) is 1. The SMILES string of the molecule is COCCNC(=O)C1CCCn2c(-c3ccc(F)cc3)nnc21. The molecule has 1 N–H and O–H groups in total. The van der Waals surface area contributed by atoms with Crippen molar-refractivity contribution in [1.82, 2.24) is 20.1 Å². The Balaban J connectivity index is 1.83. The predicted octanol–water partition coefficient (Wildman–Crippen LogP) is 1.72. The summed E-state index contributed by atoms with van der Waals surface area (Å²) in [4.78, 5) is 12.3. The number of nitrogens with zero attached hydrogens (tertiary/aromatic N) is 3. The zero-order valence-corrected chi connectivity index (χ0v) is 13.0. The number of amides is 1. The van der Waals surface area contributed by atoms with E-state index in [4.69, 9.17) is 4.74 Å². The van der Waals surface area contributed by atoms with Gasteiger partial charge in [0.15, 0.2) is 5.82 Å². The number of carbonyl (C=O) groups excluding carboxylic acids is 1. The van der Waals surface area contributed by atoms with E-state index in [0.29, 0.717) is 24.8 Å². The maximum Gasteiger partial charge on any atom is 0.230 e. The molecule has 0 saturated heterocycles. The highest BCUT2D eigenvalue weighted by Crippen LogP contribution is 2.30. The number of hydrogen-bond donors (Lipinski definition) is 1. The Hall–Kier alpha value is -2.28. The zero-order chi connectivity index (χ0) is 16.2. The van der Waals surface area contributed by atoms with E-state index in [2.05, 4.69) is 15.5 Å². The summed E-state index contributed by atoms with van der Waals surface area (Å²) in [6.45, 7) is 1.72. The normalized spacial score (nSPS) is 16.9. The molecule has 1 aliphatic heterocycles. The summed E-state index contributed by atoms with van der Waals surface area (Å²) in [7, 11) is 1.60. The van der Waals surface area contributed by atoms with Crippen LogP contribution in [-0.2, 0) is 16.1 Å². The van der Waals surface area contributed by atoms with Crippen molar-refractivity contribution in [1.29, 1.82) is 0 Å². The van der Waals surface area contributed by atoms with E-state index in [1.165, 1.54) is 12.1 Å². The van der Waals surface area contributed by atoms with Crippen molar-refractivity contribution in [3.63, 3.8) is 0 Å². The average molecular weight is 318 g/mol. The Morgan fingerprint density at radius 3 is 2.91 bits per heavy atom. The smallest absolute Gasteiger partial charge is 0.230 e. The number of fused-ring (bicyclic) bond motifs is 1. The molecule has 6 nitrogen and oxygen atoms in total. The molecule has 1 amide bonds. The monoisotopic (exact) mass is 318 g/mol. The van der Waals surface area contributed by atoms with Gasteiger partial charge in [-0.2, -0.15) is 0 Å². The molecule has 1 atom stereocenters. The summed E-state index contributed by atoms with van der Waals surface area (Å²) in [5, 5.41) is 11.3. The molecule has 0 spiro atoms. The standard InChI is InChI=1S/C16H19FN4O2/c1-23-10-8-18-16(22)13-3-2-9-21-14(19-20-15(13)21)11-4-6-12(17)7-5-11/h4-7,13H,2-3,8-10H2,1H3,(H,18,22). The van der Waals surface area contributed by atoms with Gasteiger partial charge in [0.25, 0.3) is 0 Å². The highest BCUT2D eigenvalue weighted by Gasteiger charge is 2.30. The average Bonchev–Trinajstić information content (AvgIpc) is 2.99. The number of carbonyl (C=O) groups is 1. The summed E-state index contributed by atoms with van der Waals surface area (Å²) in [6, 6.07) is 6.15. The first-order chi connectivity index (χ1) is 11.2. The van der Waals surface area contributed by atoms with Crippen molar-refractivity contribution >= 4 is 5.91 Å². The molecule has 1 unspecified atom stereocenters. The number of benzene rings is 1. The van der Waals surface area contributed by atoms with E-state index >= 15 is 0 Å². The number of halogens is 1. The van der Waals surface area contributed by atoms with Crippen LogP contribution in [0.25, 0.3) is 11.4 Å². The van der Waals surface area contributed by atoms with Crippen LogP contribution in [0.5, 0.6) is 0 Å². The Morgan fingerprint density at radius 2 is 2.17 bits per heavy atom. The predicted molar refractivity (Wildman–Crippen MR) is 82.3 cm³/mol. The molecule has 0 fully saturated rings. The molecule has 1 aromatic heterocycles. The van der Waals surface area contributed by atoms with E-state index < -0.39 is 0 Å². The van der Waals surface area contributed by atoms with Crippen LogP contribution in [0.3, 0.4) is 0 Å². The summed E-state index contributed by atoms with van der Waals surface area (Å²) >= 11 is 0. The molecule has 1 aliphatic rings. The number of hydrogen-bond acceptors (Lipinski definition) is 4. The van der Waals surface area contributed by atoms with E-state index in [1.54, 1.807) is 19.2 Å². The van der Waals surface area contributed by atoms with Gasteiger partial charge in [0.05, 0.1) is 12.5 Å². The molecule has 3 rings (SSSR count). The number of methoxy groups -OCH3 is 1. The fourth-order valence-corrected chi connectivity index (χ4v) is 2.84. The number of aromatic nitrogens is 3. The largest absolute Gasteiger partial charge is 0.383 e. The lowest BCUT2D eigenvalue weighted by atomic mass is 9.97. The first-order valence-electron chi connectivity index (χ1n) is 7.66. The van der Waals surface area contributed by atoms with Gasteiger partial charge in [0, 0.05) is 25.8 Å². The van der Waals surface area contributed by atoms with Crippen LogP contribution in [0, 0.1) is 5.82 Å². The Bertz CT molecular complexity index is 684. The molecule has 0 radical (unpaired) electrons. The third kappa shape index (κ3) is 3.24. The van der Waals surface area contributed by atoms with Crippen molar-refractivity contribution in [2.45, 2.75) is 25.3 Å². The van der Waals surface area contributed by atoms with Crippen molar-refractivity contribution in [3.8, 4) is 11.4 Å². The van der Waals surface area contributed by atoms with Gasteiger partial charge < -0.3 is 14.6 Å². The van der Waals surface area contributed by atoms with Gasteiger partial charge in [0.1, 0.15) is 11.6 Å². The van der Waals surface area contributed by atoms with Gasteiger partial charge in [-0.3, -0.25) is 4.79 Å². The minimum Gasteiger partial charge on any atom is -0.383 e. The van der Waals surface area contributed by atoms with Crippen LogP contribution < -0.4 is 5.32 Å². The van der Waals surface area contributed by atoms with Gasteiger partial charge in [-0.15, -0.1) is 10.2 Å². The lowest BCUT2D eigenvalue weighted by Gasteiger charge is -2.23. The van der Waals surface area contributed by atoms with E-state index in [1.807, 2.05) is 4.57 Å². The molecule has 0 aliphatic carbocycles. The first-order valence-corrected chi connectivity index (χ1v) is 7.66. The van der Waals surface area contributed by atoms with Gasteiger partial charge in [-0.05, 0) is 37.1 Å². The maximum atomic E-state index is 13.1. The van der Waals surface area contributed by atoms with Crippen LogP contribution in [-0.4, -0.2) is 40.9 Å². The highest BCUT2D eigenvalue weighted by molar-refractivity contribution is 5.83. The van der Waals surface area contributed by atoms with Crippen LogP contribution in [0.1, 0.15) is 24.6 Å². The summed E-state index contributed by atoms with van der Waals surface area (Å²) in [6.07, 6.45) is 1.63. The number of nitrogens with one attached hydrogen (secondary N) is 1. The Kier molecular flexibility index (Phi) is 4.66. The van der Waals surface area contributed by atoms with Crippen LogP contribution in [0.15, 0.2) is 24.3 Å². The van der Waals surface area contributed by atoms with Gasteiger partial charge >= 0.3 is 0 Å². The minimum atomic E-state index is -0.303. The summed E-state index contributed by atoms with van der Waals surface area (Å²) in [5.74, 6) is 0.700. The quantitative estimate of drug-likeness (QED) is 0.852. The Morgan fingerprint density at radius 1 is 1.39 bits per heavy atom.